The van der Waals surface area contributed by atoms with E-state index in [0.717, 1.165) is 0 Å². The van der Waals surface area contributed by atoms with Crippen LogP contribution < -0.4 is 5.43 Å². The first-order valence-electron chi connectivity index (χ1n) is 4.33. The van der Waals surface area contributed by atoms with Gasteiger partial charge in [-0.1, -0.05) is 0 Å². The normalized spacial score (nSPS) is 15.2. The molecule has 0 unspecified atom stereocenters. The van der Waals surface area contributed by atoms with Crippen LogP contribution in [0.4, 0.5) is 0 Å². The predicted molar refractivity (Wildman–Crippen MR) is 48.1 cm³/mol. The van der Waals surface area contributed by atoms with E-state index in [4.69, 9.17) is 0 Å². The molecule has 0 fully saturated rings. The number of carbonyl (C=O) groups excluding carboxylic acids is 2. The fourth-order valence-corrected chi connectivity index (χ4v) is 1.18. The van der Waals surface area contributed by atoms with E-state index in [-0.39, 0.29) is 18.2 Å². The van der Waals surface area contributed by atoms with E-state index in [0.29, 0.717) is 18.8 Å². The molecule has 1 heterocycles. The second-order valence-corrected chi connectivity index (χ2v) is 2.75. The summed E-state index contributed by atoms with van der Waals surface area (Å²) in [7, 11) is 0. The maximum Gasteiger partial charge on any atom is 0.270 e. The Morgan fingerprint density at radius 2 is 2.15 bits per heavy atom. The van der Waals surface area contributed by atoms with Crippen LogP contribution in [0.25, 0.3) is 0 Å². The van der Waals surface area contributed by atoms with Crippen LogP contribution in [0.15, 0.2) is 5.10 Å². The first-order valence-corrected chi connectivity index (χ1v) is 4.33. The summed E-state index contributed by atoms with van der Waals surface area (Å²) in [6, 6.07) is 0. The van der Waals surface area contributed by atoms with Gasteiger partial charge in [-0.05, 0) is 13.8 Å². The molecule has 0 aromatic carbocycles. The molecule has 1 N–H and O–H groups in total. The largest absolute Gasteiger partial charge is 0.338 e. The zero-order chi connectivity index (χ0) is 9.84. The zero-order valence-corrected chi connectivity index (χ0v) is 7.83. The lowest BCUT2D eigenvalue weighted by Gasteiger charge is -2.17. The molecular formula is C8H13N3O2. The smallest absolute Gasteiger partial charge is 0.270 e. The number of hydrogen-bond acceptors (Lipinski definition) is 3. The van der Waals surface area contributed by atoms with E-state index in [2.05, 4.69) is 10.5 Å². The van der Waals surface area contributed by atoms with Crippen molar-refractivity contribution in [1.29, 1.82) is 0 Å². The molecular weight excluding hydrogens is 170 g/mol. The van der Waals surface area contributed by atoms with Crippen molar-refractivity contribution in [3.05, 3.63) is 0 Å². The van der Waals surface area contributed by atoms with Gasteiger partial charge in [0.05, 0.1) is 6.42 Å². The quantitative estimate of drug-likeness (QED) is 0.654. The Bertz CT molecular complexity index is 256. The Hall–Kier alpha value is -1.39. The topological polar surface area (TPSA) is 61.8 Å². The molecule has 13 heavy (non-hydrogen) atoms. The fraction of sp³-hybridized carbons (Fsp3) is 0.625. The molecule has 0 spiro atoms. The van der Waals surface area contributed by atoms with E-state index >= 15 is 0 Å². The second kappa shape index (κ2) is 4.02. The molecule has 1 aliphatic rings. The standard InChI is InChI=1S/C8H13N3O2/c1-3-11(4-2)8(13)6-5-7(12)10-9-6/h3-5H2,1-2H3,(H,10,12). The van der Waals surface area contributed by atoms with Crippen LogP contribution in [-0.4, -0.2) is 35.5 Å². The molecule has 1 rings (SSSR count). The molecule has 2 amide bonds. The fourth-order valence-electron chi connectivity index (χ4n) is 1.18. The summed E-state index contributed by atoms with van der Waals surface area (Å²) in [5, 5.41) is 3.66. The average molecular weight is 183 g/mol. The van der Waals surface area contributed by atoms with Crippen LogP contribution in [0.1, 0.15) is 20.3 Å². The van der Waals surface area contributed by atoms with Gasteiger partial charge in [0.2, 0.25) is 5.91 Å². The maximum absolute atomic E-state index is 11.6. The number of nitrogens with one attached hydrogen (secondary N) is 1. The molecule has 5 nitrogen and oxygen atoms in total. The SMILES string of the molecule is CCN(CC)C(=O)C1=NNC(=O)C1. The number of hydrazone groups is 1. The number of carbonyl (C=O) groups is 2. The summed E-state index contributed by atoms with van der Waals surface area (Å²) in [5.74, 6) is -0.362. The molecule has 1 aliphatic heterocycles. The Labute approximate surface area is 76.8 Å². The van der Waals surface area contributed by atoms with Crippen LogP contribution in [0, 0.1) is 0 Å². The van der Waals surface area contributed by atoms with Crippen molar-refractivity contribution < 1.29 is 9.59 Å². The minimum atomic E-state index is -0.212. The van der Waals surface area contributed by atoms with Crippen molar-refractivity contribution in [1.82, 2.24) is 10.3 Å². The Kier molecular flexibility index (Phi) is 3.00. The highest BCUT2D eigenvalue weighted by Crippen LogP contribution is 2.00. The highest BCUT2D eigenvalue weighted by atomic mass is 16.2. The summed E-state index contributed by atoms with van der Waals surface area (Å²) in [6.45, 7) is 5.07. The molecule has 72 valence electrons. The Morgan fingerprint density at radius 3 is 2.54 bits per heavy atom. The van der Waals surface area contributed by atoms with Gasteiger partial charge in [-0.15, -0.1) is 0 Å². The van der Waals surface area contributed by atoms with Crippen LogP contribution >= 0.6 is 0 Å². The number of hydrogen-bond donors (Lipinski definition) is 1. The minimum absolute atomic E-state index is 0.106. The number of amides is 2. The summed E-state index contributed by atoms with van der Waals surface area (Å²) in [4.78, 5) is 24.0. The highest BCUT2D eigenvalue weighted by Gasteiger charge is 2.24. The second-order valence-electron chi connectivity index (χ2n) is 2.75. The van der Waals surface area contributed by atoms with Crippen molar-refractivity contribution in [3.8, 4) is 0 Å². The monoisotopic (exact) mass is 183 g/mol. The molecule has 0 saturated heterocycles. The van der Waals surface area contributed by atoms with Crippen LogP contribution in [-0.2, 0) is 9.59 Å². The van der Waals surface area contributed by atoms with Crippen LogP contribution in [0.3, 0.4) is 0 Å². The predicted octanol–water partition coefficient (Wildman–Crippen LogP) is -0.269. The van der Waals surface area contributed by atoms with Gasteiger partial charge >= 0.3 is 0 Å². The van der Waals surface area contributed by atoms with Gasteiger partial charge < -0.3 is 4.90 Å². The molecule has 0 aromatic heterocycles. The van der Waals surface area contributed by atoms with Gasteiger partial charge in [-0.25, -0.2) is 5.43 Å². The molecule has 0 radical (unpaired) electrons. The summed E-state index contributed by atoms with van der Waals surface area (Å²) in [6.07, 6.45) is 0.106. The summed E-state index contributed by atoms with van der Waals surface area (Å²) in [5.41, 5.74) is 2.57. The van der Waals surface area contributed by atoms with Crippen LogP contribution in [0.5, 0.6) is 0 Å². The Balaban J connectivity index is 2.62. The van der Waals surface area contributed by atoms with Gasteiger partial charge in [-0.2, -0.15) is 5.10 Å². The average Bonchev–Trinajstić information content (AvgIpc) is 2.54. The van der Waals surface area contributed by atoms with Crippen LogP contribution in [0.2, 0.25) is 0 Å². The van der Waals surface area contributed by atoms with Crippen molar-refractivity contribution >= 4 is 17.5 Å². The van der Waals surface area contributed by atoms with E-state index in [1.165, 1.54) is 0 Å². The molecule has 5 heteroatoms. The highest BCUT2D eigenvalue weighted by molar-refractivity contribution is 6.43. The van der Waals surface area contributed by atoms with E-state index in [1.54, 1.807) is 4.90 Å². The van der Waals surface area contributed by atoms with Gasteiger partial charge in [0, 0.05) is 13.1 Å². The van der Waals surface area contributed by atoms with Crippen molar-refractivity contribution in [3.63, 3.8) is 0 Å². The molecule has 0 atom stereocenters. The van der Waals surface area contributed by atoms with Gasteiger partial charge in [-0.3, -0.25) is 9.59 Å². The zero-order valence-electron chi connectivity index (χ0n) is 7.83. The third-order valence-corrected chi connectivity index (χ3v) is 1.94. The lowest BCUT2D eigenvalue weighted by Crippen LogP contribution is -2.35. The van der Waals surface area contributed by atoms with Gasteiger partial charge in [0.15, 0.2) is 0 Å². The molecule has 0 bridgehead atoms. The van der Waals surface area contributed by atoms with E-state index in [1.807, 2.05) is 13.8 Å². The van der Waals surface area contributed by atoms with E-state index in [9.17, 15) is 9.59 Å². The van der Waals surface area contributed by atoms with Crippen molar-refractivity contribution in [2.45, 2.75) is 20.3 Å². The summed E-state index contributed by atoms with van der Waals surface area (Å²) >= 11 is 0. The molecule has 0 saturated carbocycles. The number of nitrogens with zero attached hydrogens (tertiary/aromatic N) is 2. The summed E-state index contributed by atoms with van der Waals surface area (Å²) < 4.78 is 0. The lowest BCUT2D eigenvalue weighted by molar-refractivity contribution is -0.124. The lowest BCUT2D eigenvalue weighted by atomic mass is 10.2. The first kappa shape index (κ1) is 9.70. The van der Waals surface area contributed by atoms with E-state index < -0.39 is 0 Å². The third-order valence-electron chi connectivity index (χ3n) is 1.94. The van der Waals surface area contributed by atoms with Crippen molar-refractivity contribution in [2.24, 2.45) is 5.10 Å². The first-order chi connectivity index (χ1) is 6.19. The van der Waals surface area contributed by atoms with Crippen molar-refractivity contribution in [2.75, 3.05) is 13.1 Å². The number of rotatable bonds is 3. The maximum atomic E-state index is 11.6. The third kappa shape index (κ3) is 2.05. The molecule has 0 aliphatic carbocycles. The van der Waals surface area contributed by atoms with Gasteiger partial charge in [0.25, 0.3) is 5.91 Å². The Morgan fingerprint density at radius 1 is 1.54 bits per heavy atom. The molecule has 0 aromatic rings. The minimum Gasteiger partial charge on any atom is -0.338 e. The van der Waals surface area contributed by atoms with Gasteiger partial charge in [0.1, 0.15) is 5.71 Å².